The maximum absolute atomic E-state index is 12.7. The number of hydrogen-bond acceptors (Lipinski definition) is 3. The van der Waals surface area contributed by atoms with Crippen molar-refractivity contribution in [2.24, 2.45) is 0 Å². The second-order valence-electron chi connectivity index (χ2n) is 4.89. The number of rotatable bonds is 2. The minimum Gasteiger partial charge on any atom is -0.322 e. The van der Waals surface area contributed by atoms with Crippen molar-refractivity contribution in [3.63, 3.8) is 0 Å². The first-order valence-electron chi connectivity index (χ1n) is 6.64. The number of fused-ring (bicyclic) bond motifs is 1. The lowest BCUT2D eigenvalue weighted by molar-refractivity contribution is -0.137. The number of nitrogens with zero attached hydrogens (tertiary/aromatic N) is 3. The van der Waals surface area contributed by atoms with Gasteiger partial charge in [0.15, 0.2) is 5.65 Å². The minimum absolute atomic E-state index is 0.0600. The largest absolute Gasteiger partial charge is 0.416 e. The molecule has 0 saturated heterocycles. The van der Waals surface area contributed by atoms with Crippen LogP contribution in [0.4, 0.5) is 18.9 Å². The highest BCUT2D eigenvalue weighted by Gasteiger charge is 2.30. The Kier molecular flexibility index (Phi) is 3.51. The SMILES string of the molecule is Cc1c(C(=O)Nc2cccc(C(F)(F)F)c2)cnc2ccnn12. The van der Waals surface area contributed by atoms with E-state index < -0.39 is 17.6 Å². The summed E-state index contributed by atoms with van der Waals surface area (Å²) in [4.78, 5) is 16.4. The maximum atomic E-state index is 12.7. The van der Waals surface area contributed by atoms with Crippen molar-refractivity contribution >= 4 is 17.2 Å². The van der Waals surface area contributed by atoms with Gasteiger partial charge >= 0.3 is 6.18 Å². The molecule has 3 rings (SSSR count). The van der Waals surface area contributed by atoms with Crippen LogP contribution >= 0.6 is 0 Å². The number of nitrogens with one attached hydrogen (secondary N) is 1. The first kappa shape index (κ1) is 15.0. The van der Waals surface area contributed by atoms with Crippen LogP contribution in [0, 0.1) is 6.92 Å². The highest BCUT2D eigenvalue weighted by atomic mass is 19.4. The van der Waals surface area contributed by atoms with E-state index in [9.17, 15) is 18.0 Å². The monoisotopic (exact) mass is 320 g/mol. The van der Waals surface area contributed by atoms with Crippen molar-refractivity contribution in [3.05, 3.63) is 59.5 Å². The molecule has 3 aromatic rings. The van der Waals surface area contributed by atoms with Gasteiger partial charge in [-0.15, -0.1) is 0 Å². The summed E-state index contributed by atoms with van der Waals surface area (Å²) in [5, 5.41) is 6.49. The van der Waals surface area contributed by atoms with Gasteiger partial charge in [-0.1, -0.05) is 6.07 Å². The number of benzene rings is 1. The van der Waals surface area contributed by atoms with Gasteiger partial charge in [-0.25, -0.2) is 9.50 Å². The third-order valence-electron chi connectivity index (χ3n) is 3.35. The fourth-order valence-corrected chi connectivity index (χ4v) is 2.19. The molecule has 1 aromatic carbocycles. The van der Waals surface area contributed by atoms with Gasteiger partial charge in [-0.05, 0) is 25.1 Å². The molecule has 2 aromatic heterocycles. The highest BCUT2D eigenvalue weighted by Crippen LogP contribution is 2.30. The average Bonchev–Trinajstić information content (AvgIpc) is 2.96. The van der Waals surface area contributed by atoms with Crippen LogP contribution < -0.4 is 5.32 Å². The fourth-order valence-electron chi connectivity index (χ4n) is 2.19. The topological polar surface area (TPSA) is 59.3 Å². The van der Waals surface area contributed by atoms with E-state index in [1.807, 2.05) is 0 Å². The molecule has 0 saturated carbocycles. The second-order valence-corrected chi connectivity index (χ2v) is 4.89. The van der Waals surface area contributed by atoms with E-state index in [0.29, 0.717) is 11.3 Å². The Balaban J connectivity index is 1.90. The van der Waals surface area contributed by atoms with Crippen molar-refractivity contribution in [3.8, 4) is 0 Å². The first-order chi connectivity index (χ1) is 10.9. The van der Waals surface area contributed by atoms with E-state index in [4.69, 9.17) is 0 Å². The zero-order valence-electron chi connectivity index (χ0n) is 11.9. The van der Waals surface area contributed by atoms with Crippen LogP contribution in [0.5, 0.6) is 0 Å². The lowest BCUT2D eigenvalue weighted by Gasteiger charge is -2.11. The van der Waals surface area contributed by atoms with E-state index in [1.165, 1.54) is 22.8 Å². The Morgan fingerprint density at radius 2 is 2.04 bits per heavy atom. The summed E-state index contributed by atoms with van der Waals surface area (Å²) in [5.41, 5.74) is 0.596. The summed E-state index contributed by atoms with van der Waals surface area (Å²) in [6.07, 6.45) is -1.55. The Hall–Kier alpha value is -2.90. The molecular weight excluding hydrogens is 309 g/mol. The summed E-state index contributed by atoms with van der Waals surface area (Å²) in [6.45, 7) is 1.68. The molecule has 1 N–H and O–H groups in total. The molecule has 8 heteroatoms. The van der Waals surface area contributed by atoms with Crippen molar-refractivity contribution < 1.29 is 18.0 Å². The Morgan fingerprint density at radius 1 is 1.26 bits per heavy atom. The standard InChI is InChI=1S/C15H11F3N4O/c1-9-12(8-19-13-5-6-20-22(9)13)14(23)21-11-4-2-3-10(7-11)15(16,17)18/h2-8H,1H3,(H,21,23). The van der Waals surface area contributed by atoms with Crippen molar-refractivity contribution in [2.75, 3.05) is 5.32 Å². The maximum Gasteiger partial charge on any atom is 0.416 e. The number of aryl methyl sites for hydroxylation is 1. The third-order valence-corrected chi connectivity index (χ3v) is 3.35. The minimum atomic E-state index is -4.47. The van der Waals surface area contributed by atoms with Gasteiger partial charge in [0.1, 0.15) is 0 Å². The van der Waals surface area contributed by atoms with E-state index >= 15 is 0 Å². The molecule has 0 bridgehead atoms. The molecule has 2 heterocycles. The predicted octanol–water partition coefficient (Wildman–Crippen LogP) is 3.31. The molecule has 0 radical (unpaired) electrons. The number of amides is 1. The van der Waals surface area contributed by atoms with Crippen molar-refractivity contribution in [1.29, 1.82) is 0 Å². The normalized spacial score (nSPS) is 11.7. The number of hydrogen-bond donors (Lipinski definition) is 1. The third kappa shape index (κ3) is 2.87. The van der Waals surface area contributed by atoms with Crippen LogP contribution in [0.1, 0.15) is 21.6 Å². The van der Waals surface area contributed by atoms with E-state index in [0.717, 1.165) is 12.1 Å². The number of halogens is 3. The summed E-state index contributed by atoms with van der Waals surface area (Å²) >= 11 is 0. The number of aromatic nitrogens is 3. The van der Waals surface area contributed by atoms with Crippen LogP contribution in [0.2, 0.25) is 0 Å². The molecule has 0 aliphatic rings. The van der Waals surface area contributed by atoms with Gasteiger partial charge < -0.3 is 5.32 Å². The van der Waals surface area contributed by atoms with Gasteiger partial charge in [0.25, 0.3) is 5.91 Å². The molecule has 0 unspecified atom stereocenters. The molecule has 0 atom stereocenters. The average molecular weight is 320 g/mol. The molecule has 0 fully saturated rings. The summed E-state index contributed by atoms with van der Waals surface area (Å²) in [6, 6.07) is 6.13. The summed E-state index contributed by atoms with van der Waals surface area (Å²) in [7, 11) is 0. The van der Waals surface area contributed by atoms with Crippen molar-refractivity contribution in [2.45, 2.75) is 13.1 Å². The molecule has 5 nitrogen and oxygen atoms in total. The van der Waals surface area contributed by atoms with Gasteiger partial charge in [0.05, 0.1) is 23.0 Å². The Morgan fingerprint density at radius 3 is 2.78 bits per heavy atom. The van der Waals surface area contributed by atoms with Crippen molar-refractivity contribution in [1.82, 2.24) is 14.6 Å². The van der Waals surface area contributed by atoms with Crippen LogP contribution in [0.25, 0.3) is 5.65 Å². The van der Waals surface area contributed by atoms with Gasteiger partial charge in [-0.2, -0.15) is 18.3 Å². The first-order valence-corrected chi connectivity index (χ1v) is 6.64. The number of carbonyl (C=O) groups excluding carboxylic acids is 1. The predicted molar refractivity (Wildman–Crippen MR) is 77.1 cm³/mol. The zero-order valence-corrected chi connectivity index (χ0v) is 11.9. The lowest BCUT2D eigenvalue weighted by Crippen LogP contribution is -2.16. The summed E-state index contributed by atoms with van der Waals surface area (Å²) < 4.78 is 39.6. The second kappa shape index (κ2) is 5.38. The number of anilines is 1. The van der Waals surface area contributed by atoms with Crippen LogP contribution in [0.15, 0.2) is 42.7 Å². The Bertz CT molecular complexity index is 886. The van der Waals surface area contributed by atoms with Gasteiger partial charge in [0.2, 0.25) is 0 Å². The summed E-state index contributed by atoms with van der Waals surface area (Å²) in [5.74, 6) is -0.549. The molecule has 0 aliphatic heterocycles. The number of carbonyl (C=O) groups is 1. The number of alkyl halides is 3. The molecule has 23 heavy (non-hydrogen) atoms. The van der Waals surface area contributed by atoms with Gasteiger partial charge in [-0.3, -0.25) is 4.79 Å². The Labute approximate surface area is 128 Å². The zero-order chi connectivity index (χ0) is 16.6. The molecule has 118 valence electrons. The smallest absolute Gasteiger partial charge is 0.322 e. The fraction of sp³-hybridized carbons (Fsp3) is 0.133. The van der Waals surface area contributed by atoms with Gasteiger partial charge in [0, 0.05) is 18.0 Å². The quantitative estimate of drug-likeness (QED) is 0.788. The van der Waals surface area contributed by atoms with E-state index in [1.54, 1.807) is 19.2 Å². The van der Waals surface area contributed by atoms with Crippen LogP contribution in [-0.4, -0.2) is 20.5 Å². The molecule has 0 aliphatic carbocycles. The van der Waals surface area contributed by atoms with E-state index in [2.05, 4.69) is 15.4 Å². The van der Waals surface area contributed by atoms with Crippen LogP contribution in [0.3, 0.4) is 0 Å². The van der Waals surface area contributed by atoms with Crippen LogP contribution in [-0.2, 0) is 6.18 Å². The molecule has 1 amide bonds. The highest BCUT2D eigenvalue weighted by molar-refractivity contribution is 6.05. The molecular formula is C15H11F3N4O. The molecule has 0 spiro atoms. The lowest BCUT2D eigenvalue weighted by atomic mass is 10.1. The van der Waals surface area contributed by atoms with E-state index in [-0.39, 0.29) is 11.3 Å².